The molecule has 0 spiro atoms. The first kappa shape index (κ1) is 26.3. The monoisotopic (exact) mass is 503 g/mol. The van der Waals surface area contributed by atoms with Gasteiger partial charge in [-0.2, -0.15) is 0 Å². The van der Waals surface area contributed by atoms with E-state index in [1.807, 2.05) is 17.9 Å². The molecule has 1 unspecified atom stereocenters. The van der Waals surface area contributed by atoms with Crippen LogP contribution in [0.15, 0.2) is 60.8 Å². The molecule has 7 nitrogen and oxygen atoms in total. The van der Waals surface area contributed by atoms with Crippen LogP contribution in [0.3, 0.4) is 0 Å². The van der Waals surface area contributed by atoms with E-state index in [1.165, 1.54) is 5.56 Å². The molecule has 37 heavy (non-hydrogen) atoms. The number of carbonyl (C=O) groups is 2. The maximum absolute atomic E-state index is 13.8. The van der Waals surface area contributed by atoms with Gasteiger partial charge >= 0.3 is 0 Å². The van der Waals surface area contributed by atoms with Gasteiger partial charge in [-0.25, -0.2) is 0 Å². The summed E-state index contributed by atoms with van der Waals surface area (Å²) in [5, 5.41) is 0. The minimum atomic E-state index is -0.217. The Hall–Kier alpha value is -3.74. The Morgan fingerprint density at radius 2 is 1.68 bits per heavy atom. The second kappa shape index (κ2) is 11.5. The predicted molar refractivity (Wildman–Crippen MR) is 144 cm³/mol. The molecule has 7 heteroatoms. The lowest BCUT2D eigenvalue weighted by atomic mass is 9.95. The Morgan fingerprint density at radius 3 is 2.27 bits per heavy atom. The normalized spacial score (nSPS) is 14.9. The summed E-state index contributed by atoms with van der Waals surface area (Å²) in [6.45, 7) is 8.14. The molecular formula is C30H37N3O4. The van der Waals surface area contributed by atoms with Gasteiger partial charge in [0.2, 0.25) is 5.91 Å². The molecule has 1 atom stereocenters. The molecule has 0 radical (unpaired) electrons. The van der Waals surface area contributed by atoms with Crippen molar-refractivity contribution in [3.05, 3.63) is 83.2 Å². The van der Waals surface area contributed by atoms with Crippen LogP contribution in [0.25, 0.3) is 0 Å². The standard InChI is InChI=1S/C30H37N3O4/c1-6-13-32(30(35)24-17-25(36-4)19-26(18-24)37-5)20-28(34)33-16-15-31-14-7-8-27(31)29(33)23-11-9-22(10-12-23)21(2)3/h7-12,14,17-19,21,29H,6,13,15-16,20H2,1-5H3. The Kier molecular flexibility index (Phi) is 8.21. The van der Waals surface area contributed by atoms with Crippen LogP contribution >= 0.6 is 0 Å². The molecule has 1 aliphatic rings. The third-order valence-electron chi connectivity index (χ3n) is 6.98. The number of carbonyl (C=O) groups excluding carboxylic acids is 2. The van der Waals surface area contributed by atoms with Crippen molar-refractivity contribution in [1.29, 1.82) is 0 Å². The number of rotatable bonds is 9. The number of fused-ring (bicyclic) bond motifs is 1. The fraction of sp³-hybridized carbons (Fsp3) is 0.400. The highest BCUT2D eigenvalue weighted by Gasteiger charge is 2.33. The maximum Gasteiger partial charge on any atom is 0.254 e. The van der Waals surface area contributed by atoms with Crippen molar-refractivity contribution in [1.82, 2.24) is 14.4 Å². The Balaban J connectivity index is 1.62. The zero-order valence-electron chi connectivity index (χ0n) is 22.4. The van der Waals surface area contributed by atoms with Gasteiger partial charge in [-0.15, -0.1) is 0 Å². The van der Waals surface area contributed by atoms with Gasteiger partial charge in [0.1, 0.15) is 18.0 Å². The first-order valence-corrected chi connectivity index (χ1v) is 12.9. The molecule has 2 amide bonds. The van der Waals surface area contributed by atoms with Crippen LogP contribution in [0.2, 0.25) is 0 Å². The first-order chi connectivity index (χ1) is 17.9. The van der Waals surface area contributed by atoms with Crippen LogP contribution < -0.4 is 9.47 Å². The van der Waals surface area contributed by atoms with Gasteiger partial charge in [-0.1, -0.05) is 45.0 Å². The molecular weight excluding hydrogens is 466 g/mol. The Bertz CT molecular complexity index is 1210. The second-order valence-corrected chi connectivity index (χ2v) is 9.77. The van der Waals surface area contributed by atoms with E-state index >= 15 is 0 Å². The molecule has 4 rings (SSSR count). The molecule has 196 valence electrons. The van der Waals surface area contributed by atoms with Gasteiger partial charge in [-0.3, -0.25) is 9.59 Å². The summed E-state index contributed by atoms with van der Waals surface area (Å²) in [5.41, 5.74) is 3.86. The zero-order valence-corrected chi connectivity index (χ0v) is 22.4. The number of hydrogen-bond donors (Lipinski definition) is 0. The summed E-state index contributed by atoms with van der Waals surface area (Å²) in [5.74, 6) is 1.22. The number of methoxy groups -OCH3 is 2. The van der Waals surface area contributed by atoms with E-state index in [0.29, 0.717) is 36.1 Å². The van der Waals surface area contributed by atoms with E-state index < -0.39 is 0 Å². The lowest BCUT2D eigenvalue weighted by molar-refractivity contribution is -0.134. The lowest BCUT2D eigenvalue weighted by Crippen LogP contribution is -2.48. The highest BCUT2D eigenvalue weighted by Crippen LogP contribution is 2.33. The van der Waals surface area contributed by atoms with Crippen LogP contribution in [0.1, 0.15) is 66.3 Å². The van der Waals surface area contributed by atoms with Crippen molar-refractivity contribution in [2.75, 3.05) is 33.9 Å². The van der Waals surface area contributed by atoms with Gasteiger partial charge in [0.15, 0.2) is 0 Å². The molecule has 1 aliphatic heterocycles. The zero-order chi connectivity index (χ0) is 26.5. The summed E-state index contributed by atoms with van der Waals surface area (Å²) >= 11 is 0. The molecule has 0 fully saturated rings. The van der Waals surface area contributed by atoms with E-state index in [0.717, 1.165) is 24.2 Å². The molecule has 2 aromatic carbocycles. The third-order valence-corrected chi connectivity index (χ3v) is 6.98. The molecule has 1 aromatic heterocycles. The van der Waals surface area contributed by atoms with E-state index in [1.54, 1.807) is 37.3 Å². The Labute approximate surface area is 219 Å². The lowest BCUT2D eigenvalue weighted by Gasteiger charge is -2.38. The van der Waals surface area contributed by atoms with E-state index in [-0.39, 0.29) is 24.4 Å². The minimum absolute atomic E-state index is 0.00743. The van der Waals surface area contributed by atoms with Gasteiger partial charge in [0.25, 0.3) is 5.91 Å². The quantitative estimate of drug-likeness (QED) is 0.407. The van der Waals surface area contributed by atoms with E-state index in [2.05, 4.69) is 54.9 Å². The van der Waals surface area contributed by atoms with Crippen LogP contribution in [0.4, 0.5) is 0 Å². The van der Waals surface area contributed by atoms with E-state index in [4.69, 9.17) is 9.47 Å². The van der Waals surface area contributed by atoms with Crippen molar-refractivity contribution >= 4 is 11.8 Å². The van der Waals surface area contributed by atoms with E-state index in [9.17, 15) is 9.59 Å². The van der Waals surface area contributed by atoms with Gasteiger partial charge in [0.05, 0.1) is 20.3 Å². The summed E-state index contributed by atoms with van der Waals surface area (Å²) in [6, 6.07) is 17.6. The highest BCUT2D eigenvalue weighted by molar-refractivity contribution is 5.97. The molecule has 3 aromatic rings. The first-order valence-electron chi connectivity index (χ1n) is 12.9. The van der Waals surface area contributed by atoms with Crippen molar-refractivity contribution in [3.63, 3.8) is 0 Å². The molecule has 0 aliphatic carbocycles. The average Bonchev–Trinajstić information content (AvgIpc) is 3.40. The van der Waals surface area contributed by atoms with Crippen molar-refractivity contribution in [2.24, 2.45) is 0 Å². The van der Waals surface area contributed by atoms with Gasteiger partial charge < -0.3 is 23.8 Å². The predicted octanol–water partition coefficient (Wildman–Crippen LogP) is 5.11. The maximum atomic E-state index is 13.8. The number of hydrogen-bond acceptors (Lipinski definition) is 4. The van der Waals surface area contributed by atoms with Crippen LogP contribution in [0.5, 0.6) is 11.5 Å². The smallest absolute Gasteiger partial charge is 0.254 e. The number of amides is 2. The summed E-state index contributed by atoms with van der Waals surface area (Å²) in [4.78, 5) is 30.9. The molecule has 0 bridgehead atoms. The SMILES string of the molecule is CCCN(CC(=O)N1CCn2cccc2C1c1ccc(C(C)C)cc1)C(=O)c1cc(OC)cc(OC)c1. The van der Waals surface area contributed by atoms with Crippen molar-refractivity contribution in [2.45, 2.75) is 45.7 Å². The van der Waals surface area contributed by atoms with Gasteiger partial charge in [-0.05, 0) is 47.7 Å². The summed E-state index contributed by atoms with van der Waals surface area (Å²) in [6.07, 6.45) is 2.80. The van der Waals surface area contributed by atoms with Crippen LogP contribution in [-0.2, 0) is 11.3 Å². The van der Waals surface area contributed by atoms with Crippen molar-refractivity contribution in [3.8, 4) is 11.5 Å². The fourth-order valence-corrected chi connectivity index (χ4v) is 4.96. The molecule has 0 saturated heterocycles. The topological polar surface area (TPSA) is 64.0 Å². The second-order valence-electron chi connectivity index (χ2n) is 9.77. The summed E-state index contributed by atoms with van der Waals surface area (Å²) < 4.78 is 12.9. The molecule has 0 saturated carbocycles. The summed E-state index contributed by atoms with van der Waals surface area (Å²) in [7, 11) is 3.10. The highest BCUT2D eigenvalue weighted by atomic mass is 16.5. The molecule has 2 heterocycles. The minimum Gasteiger partial charge on any atom is -0.497 e. The number of ether oxygens (including phenoxy) is 2. The van der Waals surface area contributed by atoms with Gasteiger partial charge in [0, 0.05) is 43.2 Å². The number of benzene rings is 2. The van der Waals surface area contributed by atoms with Crippen molar-refractivity contribution < 1.29 is 19.1 Å². The Morgan fingerprint density at radius 1 is 1.00 bits per heavy atom. The third kappa shape index (κ3) is 5.66. The van der Waals surface area contributed by atoms with Crippen LogP contribution in [-0.4, -0.2) is 60.0 Å². The number of aromatic nitrogens is 1. The molecule has 0 N–H and O–H groups in total. The largest absolute Gasteiger partial charge is 0.497 e. The fourth-order valence-electron chi connectivity index (χ4n) is 4.96. The van der Waals surface area contributed by atoms with Crippen LogP contribution in [0, 0.1) is 0 Å². The average molecular weight is 504 g/mol. The number of nitrogens with zero attached hydrogens (tertiary/aromatic N) is 3.